The highest BCUT2D eigenvalue weighted by atomic mass is 32.2. The molecule has 0 heterocycles. The second-order valence-electron chi connectivity index (χ2n) is 2.36. The van der Waals surface area contributed by atoms with Gasteiger partial charge in [0, 0.05) is 6.42 Å². The quantitative estimate of drug-likeness (QED) is 0.419. The Hall–Kier alpha value is -0.720. The maximum absolute atomic E-state index is 11.6. The van der Waals surface area contributed by atoms with Crippen LogP contribution in [0.2, 0.25) is 0 Å². The molecule has 0 aromatic carbocycles. The highest BCUT2D eigenvalue weighted by Crippen LogP contribution is 2.16. The molecule has 0 radical (unpaired) electrons. The largest absolute Gasteiger partial charge is 0.491 e. The molecule has 0 aliphatic rings. The summed E-state index contributed by atoms with van der Waals surface area (Å²) >= 11 is 1.45. The van der Waals surface area contributed by atoms with Crippen LogP contribution in [0.4, 0.5) is 13.2 Å². The molecule has 0 spiro atoms. The van der Waals surface area contributed by atoms with E-state index in [2.05, 4.69) is 4.74 Å². The van der Waals surface area contributed by atoms with E-state index >= 15 is 0 Å². The minimum absolute atomic E-state index is 0.178. The Morgan fingerprint density at radius 3 is 2.36 bits per heavy atom. The minimum atomic E-state index is -5.10. The third kappa shape index (κ3) is 5.85. The zero-order chi connectivity index (χ0) is 11.2. The lowest BCUT2D eigenvalue weighted by Crippen LogP contribution is -2.27. The summed E-state index contributed by atoms with van der Waals surface area (Å²) in [6.45, 7) is 0. The summed E-state index contributed by atoms with van der Waals surface area (Å²) < 4.78 is 38.3. The van der Waals surface area contributed by atoms with E-state index in [1.165, 1.54) is 11.8 Å². The van der Waals surface area contributed by atoms with Crippen LogP contribution in [0, 0.1) is 0 Å². The lowest BCUT2D eigenvalue weighted by molar-refractivity contribution is -0.201. The fraction of sp³-hybridized carbons (Fsp3) is 0.714. The van der Waals surface area contributed by atoms with Crippen molar-refractivity contribution in [3.63, 3.8) is 0 Å². The third-order valence-corrected chi connectivity index (χ3v) is 1.86. The Morgan fingerprint density at radius 1 is 1.36 bits per heavy atom. The SMILES string of the molecule is CSCCCC(=O)OC(=O)C(F)(F)F. The van der Waals surface area contributed by atoms with Crippen molar-refractivity contribution in [2.45, 2.75) is 19.0 Å². The summed E-state index contributed by atoms with van der Waals surface area (Å²) in [5, 5.41) is 0. The third-order valence-electron chi connectivity index (χ3n) is 1.17. The maximum Gasteiger partial charge on any atom is 0.491 e. The fourth-order valence-corrected chi connectivity index (χ4v) is 1.01. The predicted molar refractivity (Wildman–Crippen MR) is 44.8 cm³/mol. The molecule has 0 aliphatic heterocycles. The monoisotopic (exact) mass is 230 g/mol. The zero-order valence-corrected chi connectivity index (χ0v) is 8.20. The number of rotatable bonds is 4. The van der Waals surface area contributed by atoms with Crippen LogP contribution in [-0.2, 0) is 14.3 Å². The van der Waals surface area contributed by atoms with Gasteiger partial charge in [-0.15, -0.1) is 0 Å². The molecule has 0 aromatic heterocycles. The molecule has 0 amide bonds. The Morgan fingerprint density at radius 2 is 1.93 bits per heavy atom. The highest BCUT2D eigenvalue weighted by molar-refractivity contribution is 7.98. The molecule has 0 atom stereocenters. The van der Waals surface area contributed by atoms with E-state index < -0.39 is 18.1 Å². The van der Waals surface area contributed by atoms with Crippen molar-refractivity contribution in [3.05, 3.63) is 0 Å². The molecule has 14 heavy (non-hydrogen) atoms. The number of halogens is 3. The van der Waals surface area contributed by atoms with Crippen LogP contribution < -0.4 is 0 Å². The molecule has 82 valence electrons. The molecule has 0 saturated carbocycles. The number of carbonyl (C=O) groups excluding carboxylic acids is 2. The Kier molecular flexibility index (Phi) is 5.59. The van der Waals surface area contributed by atoms with E-state index in [1.54, 1.807) is 6.26 Å². The van der Waals surface area contributed by atoms with Gasteiger partial charge in [-0.1, -0.05) is 0 Å². The predicted octanol–water partition coefficient (Wildman–Crippen LogP) is 1.76. The van der Waals surface area contributed by atoms with Gasteiger partial charge in [0.15, 0.2) is 0 Å². The minimum Gasteiger partial charge on any atom is -0.386 e. The standard InChI is InChI=1S/C7H9F3O3S/c1-14-4-2-3-5(11)13-6(12)7(8,9)10/h2-4H2,1H3. The molecule has 0 rings (SSSR count). The maximum atomic E-state index is 11.6. The molecule has 0 saturated heterocycles. The van der Waals surface area contributed by atoms with Crippen LogP contribution in [0.1, 0.15) is 12.8 Å². The van der Waals surface area contributed by atoms with Crippen molar-refractivity contribution in [2.75, 3.05) is 12.0 Å². The number of ether oxygens (including phenoxy) is 1. The first-order valence-corrected chi connectivity index (χ1v) is 5.08. The molecule has 7 heteroatoms. The summed E-state index contributed by atoms with van der Waals surface area (Å²) in [5.74, 6) is -2.96. The number of hydrogen-bond acceptors (Lipinski definition) is 4. The zero-order valence-electron chi connectivity index (χ0n) is 7.39. The number of hydrogen-bond donors (Lipinski definition) is 0. The van der Waals surface area contributed by atoms with Crippen LogP contribution in [-0.4, -0.2) is 30.1 Å². The molecular weight excluding hydrogens is 221 g/mol. The van der Waals surface area contributed by atoms with Crippen molar-refractivity contribution in [1.29, 1.82) is 0 Å². The second kappa shape index (κ2) is 5.90. The molecule has 0 aromatic rings. The van der Waals surface area contributed by atoms with Gasteiger partial charge >= 0.3 is 18.1 Å². The van der Waals surface area contributed by atoms with Gasteiger partial charge in [-0.3, -0.25) is 4.79 Å². The van der Waals surface area contributed by atoms with Crippen LogP contribution in [0.5, 0.6) is 0 Å². The highest BCUT2D eigenvalue weighted by Gasteiger charge is 2.42. The average molecular weight is 230 g/mol. The van der Waals surface area contributed by atoms with Crippen LogP contribution >= 0.6 is 11.8 Å². The lowest BCUT2D eigenvalue weighted by Gasteiger charge is -2.04. The molecule has 3 nitrogen and oxygen atoms in total. The Labute approximate surface area is 83.0 Å². The van der Waals surface area contributed by atoms with Crippen molar-refractivity contribution >= 4 is 23.7 Å². The van der Waals surface area contributed by atoms with E-state index in [0.717, 1.165) is 0 Å². The van der Waals surface area contributed by atoms with Gasteiger partial charge < -0.3 is 4.74 Å². The van der Waals surface area contributed by atoms with E-state index in [4.69, 9.17) is 0 Å². The van der Waals surface area contributed by atoms with Gasteiger partial charge in [0.2, 0.25) is 0 Å². The van der Waals surface area contributed by atoms with Gasteiger partial charge in [-0.05, 0) is 18.4 Å². The summed E-state index contributed by atoms with van der Waals surface area (Å²) in [4.78, 5) is 20.8. The number of alkyl halides is 3. The molecule has 0 unspecified atom stereocenters. The first kappa shape index (κ1) is 13.3. The van der Waals surface area contributed by atoms with Gasteiger partial charge in [0.1, 0.15) is 0 Å². The van der Waals surface area contributed by atoms with Crippen molar-refractivity contribution in [2.24, 2.45) is 0 Å². The summed E-state index contributed by atoms with van der Waals surface area (Å²) in [5.41, 5.74) is 0. The Bertz CT molecular complexity index is 215. The second-order valence-corrected chi connectivity index (χ2v) is 3.34. The number of carbonyl (C=O) groups is 2. The summed E-state index contributed by atoms with van der Waals surface area (Å²) in [7, 11) is 0. The van der Waals surface area contributed by atoms with Crippen LogP contribution in [0.3, 0.4) is 0 Å². The molecule has 0 N–H and O–H groups in total. The molecular formula is C7H9F3O3S. The van der Waals surface area contributed by atoms with Crippen LogP contribution in [0.25, 0.3) is 0 Å². The Balaban J connectivity index is 3.78. The van der Waals surface area contributed by atoms with E-state index in [9.17, 15) is 22.8 Å². The van der Waals surface area contributed by atoms with Gasteiger partial charge in [-0.2, -0.15) is 24.9 Å². The normalized spacial score (nSPS) is 11.1. The topological polar surface area (TPSA) is 43.4 Å². The average Bonchev–Trinajstić information content (AvgIpc) is 2.03. The van der Waals surface area contributed by atoms with E-state index in [1.807, 2.05) is 0 Å². The van der Waals surface area contributed by atoms with E-state index in [-0.39, 0.29) is 6.42 Å². The smallest absolute Gasteiger partial charge is 0.386 e. The lowest BCUT2D eigenvalue weighted by atomic mass is 10.3. The molecule has 0 fully saturated rings. The summed E-state index contributed by atoms with van der Waals surface area (Å²) in [6, 6.07) is 0. The molecule has 0 aliphatic carbocycles. The number of esters is 2. The van der Waals surface area contributed by atoms with E-state index in [0.29, 0.717) is 12.2 Å². The summed E-state index contributed by atoms with van der Waals surface area (Å²) in [6.07, 6.45) is -3.09. The number of thioether (sulfide) groups is 1. The van der Waals surface area contributed by atoms with Gasteiger partial charge in [-0.25, -0.2) is 4.79 Å². The molecule has 0 bridgehead atoms. The van der Waals surface area contributed by atoms with Crippen molar-refractivity contribution < 1.29 is 27.5 Å². The van der Waals surface area contributed by atoms with Crippen LogP contribution in [0.15, 0.2) is 0 Å². The van der Waals surface area contributed by atoms with Crippen molar-refractivity contribution in [3.8, 4) is 0 Å². The van der Waals surface area contributed by atoms with Crippen molar-refractivity contribution in [1.82, 2.24) is 0 Å². The first-order valence-electron chi connectivity index (χ1n) is 3.68. The fourth-order valence-electron chi connectivity index (χ4n) is 0.573. The first-order chi connectivity index (χ1) is 6.38. The van der Waals surface area contributed by atoms with Gasteiger partial charge in [0.25, 0.3) is 0 Å². The van der Waals surface area contributed by atoms with Gasteiger partial charge in [0.05, 0.1) is 0 Å².